The Kier molecular flexibility index (Phi) is 7.73. The number of aliphatic carboxylic acids is 1. The van der Waals surface area contributed by atoms with Gasteiger partial charge in [-0.3, -0.25) is 4.79 Å². The van der Waals surface area contributed by atoms with Crippen LogP contribution in [0.4, 0.5) is 4.79 Å². The second-order valence-electron chi connectivity index (χ2n) is 9.98. The van der Waals surface area contributed by atoms with Crippen LogP contribution in [0.2, 0.25) is 0 Å². The lowest BCUT2D eigenvalue weighted by molar-refractivity contribution is -0.150. The monoisotopic (exact) mass is 524 g/mol. The molecule has 2 unspecified atom stereocenters. The maximum absolute atomic E-state index is 13.7. The van der Waals surface area contributed by atoms with Crippen LogP contribution in [0, 0.1) is 5.41 Å². The number of nitrogens with one attached hydrogen (secondary N) is 1. The van der Waals surface area contributed by atoms with Crippen LogP contribution in [-0.4, -0.2) is 59.8 Å². The van der Waals surface area contributed by atoms with Crippen molar-refractivity contribution in [1.82, 2.24) is 10.2 Å². The summed E-state index contributed by atoms with van der Waals surface area (Å²) in [5, 5.41) is 12.7. The molecule has 0 aromatic heterocycles. The molecule has 182 valence electrons. The summed E-state index contributed by atoms with van der Waals surface area (Å²) in [4.78, 5) is 39.8. The number of benzene rings is 1. The van der Waals surface area contributed by atoms with Gasteiger partial charge in [0.2, 0.25) is 5.91 Å². The lowest BCUT2D eigenvalue weighted by atomic mass is 9.85. The van der Waals surface area contributed by atoms with E-state index in [0.717, 1.165) is 35.7 Å². The number of rotatable bonds is 6. The van der Waals surface area contributed by atoms with E-state index in [-0.39, 0.29) is 19.1 Å². The predicted octanol–water partition coefficient (Wildman–Crippen LogP) is 4.06. The van der Waals surface area contributed by atoms with E-state index in [1.807, 2.05) is 45.0 Å². The van der Waals surface area contributed by atoms with Crippen molar-refractivity contribution in [3.8, 4) is 0 Å². The van der Waals surface area contributed by atoms with E-state index in [1.165, 1.54) is 12.0 Å². The van der Waals surface area contributed by atoms with Crippen molar-refractivity contribution in [2.24, 2.45) is 5.41 Å². The molecule has 0 spiro atoms. The average molecular weight is 525 g/mol. The van der Waals surface area contributed by atoms with E-state index in [9.17, 15) is 19.5 Å². The van der Waals surface area contributed by atoms with E-state index < -0.39 is 41.1 Å². The first-order valence-electron chi connectivity index (χ1n) is 11.3. The smallest absolute Gasteiger partial charge is 0.408 e. The average Bonchev–Trinajstić information content (AvgIpc) is 3.40. The maximum atomic E-state index is 13.7. The molecule has 1 aromatic rings. The van der Waals surface area contributed by atoms with Crippen molar-refractivity contribution < 1.29 is 29.0 Å². The van der Waals surface area contributed by atoms with Crippen LogP contribution in [0.15, 0.2) is 28.7 Å². The van der Waals surface area contributed by atoms with Crippen LogP contribution in [0.3, 0.4) is 0 Å². The van der Waals surface area contributed by atoms with Crippen molar-refractivity contribution in [3.05, 3.63) is 34.3 Å². The predicted molar refractivity (Wildman–Crippen MR) is 126 cm³/mol. The number of amides is 2. The van der Waals surface area contributed by atoms with Crippen LogP contribution in [0.5, 0.6) is 0 Å². The van der Waals surface area contributed by atoms with Crippen molar-refractivity contribution in [1.29, 1.82) is 0 Å². The SMILES string of the molecule is CO[C@@]1(c2ccc(Br)cc2)CC(C(=O)O)N(C(=O)C(NC(=O)OC2CCCC2)C(C)(C)C)C1. The van der Waals surface area contributed by atoms with Crippen LogP contribution in [0.25, 0.3) is 0 Å². The molecule has 8 nitrogen and oxygen atoms in total. The minimum absolute atomic E-state index is 0.0624. The molecule has 3 atom stereocenters. The van der Waals surface area contributed by atoms with Gasteiger partial charge in [0, 0.05) is 18.0 Å². The quantitative estimate of drug-likeness (QED) is 0.581. The van der Waals surface area contributed by atoms with Gasteiger partial charge in [-0.2, -0.15) is 0 Å². The van der Waals surface area contributed by atoms with Gasteiger partial charge in [0.25, 0.3) is 0 Å². The summed E-state index contributed by atoms with van der Waals surface area (Å²) in [5.41, 5.74) is -0.840. The van der Waals surface area contributed by atoms with Gasteiger partial charge in [0.05, 0.1) is 6.54 Å². The van der Waals surface area contributed by atoms with Crippen molar-refractivity contribution >= 4 is 33.9 Å². The molecule has 1 saturated carbocycles. The summed E-state index contributed by atoms with van der Waals surface area (Å²) in [6.07, 6.45) is 2.99. The Balaban J connectivity index is 1.86. The summed E-state index contributed by atoms with van der Waals surface area (Å²) >= 11 is 3.41. The highest BCUT2D eigenvalue weighted by Gasteiger charge is 2.52. The summed E-state index contributed by atoms with van der Waals surface area (Å²) in [6, 6.07) is 5.39. The first-order valence-corrected chi connectivity index (χ1v) is 12.1. The van der Waals surface area contributed by atoms with E-state index in [2.05, 4.69) is 21.2 Å². The fourth-order valence-electron chi connectivity index (χ4n) is 4.68. The molecule has 33 heavy (non-hydrogen) atoms. The summed E-state index contributed by atoms with van der Waals surface area (Å²) < 4.78 is 12.2. The molecular formula is C24H33BrN2O6. The zero-order valence-electron chi connectivity index (χ0n) is 19.6. The standard InChI is InChI=1S/C24H33BrN2O6/c1-23(2,3)19(26-22(31)33-17-7-5-6-8-17)20(28)27-14-24(32-4,13-18(27)21(29)30)15-9-11-16(25)12-10-15/h9-12,17-19H,5-8,13-14H2,1-4H3,(H,26,31)(H,29,30)/t18?,19?,24-/m0/s1. The number of hydrogen-bond acceptors (Lipinski definition) is 5. The lowest BCUT2D eigenvalue weighted by Gasteiger charge is -2.35. The van der Waals surface area contributed by atoms with Crippen LogP contribution >= 0.6 is 15.9 Å². The van der Waals surface area contributed by atoms with Crippen molar-refractivity contribution in [2.45, 2.75) is 76.7 Å². The maximum Gasteiger partial charge on any atom is 0.408 e. The van der Waals surface area contributed by atoms with E-state index in [1.54, 1.807) is 0 Å². The van der Waals surface area contributed by atoms with Gasteiger partial charge < -0.3 is 24.8 Å². The number of alkyl carbamates (subject to hydrolysis) is 1. The molecule has 1 heterocycles. The number of carbonyl (C=O) groups is 3. The second kappa shape index (κ2) is 10.0. The Hall–Kier alpha value is -2.13. The number of halogens is 1. The summed E-state index contributed by atoms with van der Waals surface area (Å²) in [6.45, 7) is 5.55. The fraction of sp³-hybridized carbons (Fsp3) is 0.625. The number of carbonyl (C=O) groups excluding carboxylic acids is 2. The Morgan fingerprint density at radius 2 is 1.79 bits per heavy atom. The zero-order valence-corrected chi connectivity index (χ0v) is 21.2. The van der Waals surface area contributed by atoms with Gasteiger partial charge in [-0.25, -0.2) is 9.59 Å². The third kappa shape index (κ3) is 5.69. The molecule has 0 radical (unpaired) electrons. The van der Waals surface area contributed by atoms with Gasteiger partial charge in [-0.15, -0.1) is 0 Å². The number of nitrogens with zero attached hydrogens (tertiary/aromatic N) is 1. The van der Waals surface area contributed by atoms with Crippen LogP contribution in [-0.2, 0) is 24.7 Å². The molecule has 2 aliphatic rings. The zero-order chi connectivity index (χ0) is 24.4. The summed E-state index contributed by atoms with van der Waals surface area (Å²) in [5.74, 6) is -1.57. The number of methoxy groups -OCH3 is 1. The van der Waals surface area contributed by atoms with E-state index >= 15 is 0 Å². The lowest BCUT2D eigenvalue weighted by Crippen LogP contribution is -2.57. The highest BCUT2D eigenvalue weighted by molar-refractivity contribution is 9.10. The van der Waals surface area contributed by atoms with Crippen LogP contribution in [0.1, 0.15) is 58.4 Å². The van der Waals surface area contributed by atoms with Crippen molar-refractivity contribution in [2.75, 3.05) is 13.7 Å². The minimum atomic E-state index is -1.11. The molecular weight excluding hydrogens is 492 g/mol. The van der Waals surface area contributed by atoms with Crippen molar-refractivity contribution in [3.63, 3.8) is 0 Å². The largest absolute Gasteiger partial charge is 0.480 e. The Bertz CT molecular complexity index is 878. The van der Waals surface area contributed by atoms with Gasteiger partial charge in [0.15, 0.2) is 0 Å². The van der Waals surface area contributed by atoms with E-state index in [4.69, 9.17) is 9.47 Å². The second-order valence-corrected chi connectivity index (χ2v) is 10.9. The van der Waals surface area contributed by atoms with Gasteiger partial charge >= 0.3 is 12.1 Å². The van der Waals surface area contributed by atoms with Gasteiger partial charge in [0.1, 0.15) is 23.8 Å². The topological polar surface area (TPSA) is 105 Å². The summed E-state index contributed by atoms with van der Waals surface area (Å²) in [7, 11) is 1.52. The molecule has 0 bridgehead atoms. The highest BCUT2D eigenvalue weighted by atomic mass is 79.9. The molecule has 2 N–H and O–H groups in total. The number of carboxylic acids is 1. The molecule has 3 rings (SSSR count). The number of carboxylic acid groups (broad SMARTS) is 1. The Morgan fingerprint density at radius 1 is 1.18 bits per heavy atom. The molecule has 2 fully saturated rings. The molecule has 2 amide bonds. The fourth-order valence-corrected chi connectivity index (χ4v) is 4.94. The van der Waals surface area contributed by atoms with E-state index in [0.29, 0.717) is 0 Å². The molecule has 1 aliphatic heterocycles. The first-order chi connectivity index (χ1) is 15.5. The Morgan fingerprint density at radius 3 is 2.30 bits per heavy atom. The molecule has 1 aromatic carbocycles. The minimum Gasteiger partial charge on any atom is -0.480 e. The molecule has 9 heteroatoms. The first kappa shape index (κ1) is 25.5. The third-order valence-electron chi connectivity index (χ3n) is 6.61. The van der Waals surface area contributed by atoms with Crippen LogP contribution < -0.4 is 5.32 Å². The Labute approximate surface area is 203 Å². The number of ether oxygens (including phenoxy) is 2. The highest BCUT2D eigenvalue weighted by Crippen LogP contribution is 2.40. The third-order valence-corrected chi connectivity index (χ3v) is 7.13. The molecule has 1 aliphatic carbocycles. The number of hydrogen-bond donors (Lipinski definition) is 2. The number of likely N-dealkylation sites (tertiary alicyclic amines) is 1. The van der Waals surface area contributed by atoms with Gasteiger partial charge in [-0.05, 0) is 48.8 Å². The molecule has 1 saturated heterocycles. The van der Waals surface area contributed by atoms with Gasteiger partial charge in [-0.1, -0.05) is 48.8 Å². The normalized spacial score (nSPS) is 24.5.